The number of nitrogens with two attached hydrogens (primary N) is 1. The third-order valence-electron chi connectivity index (χ3n) is 3.22. The molecule has 3 aromatic rings. The summed E-state index contributed by atoms with van der Waals surface area (Å²) in [5.74, 6) is 0.715. The first-order valence-electron chi connectivity index (χ1n) is 6.40. The Labute approximate surface area is 121 Å². The number of thiazole rings is 1. The summed E-state index contributed by atoms with van der Waals surface area (Å²) in [6, 6.07) is 7.64. The van der Waals surface area contributed by atoms with Crippen molar-refractivity contribution in [2.24, 2.45) is 0 Å². The van der Waals surface area contributed by atoms with Gasteiger partial charge in [-0.2, -0.15) is 0 Å². The van der Waals surface area contributed by atoms with Gasteiger partial charge in [-0.05, 0) is 31.2 Å². The molecule has 0 bridgehead atoms. The van der Waals surface area contributed by atoms with Crippen molar-refractivity contribution < 1.29 is 4.74 Å². The molecule has 4 nitrogen and oxygen atoms in total. The first-order valence-corrected chi connectivity index (χ1v) is 7.28. The lowest BCUT2D eigenvalue weighted by Crippen LogP contribution is -2.03. The number of rotatable bonds is 4. The van der Waals surface area contributed by atoms with Gasteiger partial charge in [0.2, 0.25) is 0 Å². The highest BCUT2D eigenvalue weighted by molar-refractivity contribution is 7.09. The van der Waals surface area contributed by atoms with Crippen LogP contribution in [0.4, 0.5) is 5.69 Å². The molecular weight excluding hydrogens is 270 g/mol. The van der Waals surface area contributed by atoms with Gasteiger partial charge in [0.05, 0.1) is 29.0 Å². The van der Waals surface area contributed by atoms with Gasteiger partial charge in [-0.15, -0.1) is 11.3 Å². The van der Waals surface area contributed by atoms with E-state index in [-0.39, 0.29) is 0 Å². The van der Waals surface area contributed by atoms with E-state index in [1.165, 1.54) is 4.88 Å². The predicted octanol–water partition coefficient (Wildman–Crippen LogP) is 3.20. The first kappa shape index (κ1) is 12.9. The van der Waals surface area contributed by atoms with Crippen LogP contribution in [0.25, 0.3) is 10.9 Å². The summed E-state index contributed by atoms with van der Waals surface area (Å²) in [6.45, 7) is 2.61. The third kappa shape index (κ3) is 2.44. The van der Waals surface area contributed by atoms with E-state index < -0.39 is 0 Å². The monoisotopic (exact) mass is 285 g/mol. The van der Waals surface area contributed by atoms with Crippen molar-refractivity contribution in [3.63, 3.8) is 0 Å². The van der Waals surface area contributed by atoms with E-state index >= 15 is 0 Å². The fraction of sp³-hybridized carbons (Fsp3) is 0.200. The summed E-state index contributed by atoms with van der Waals surface area (Å²) in [5.41, 5.74) is 10.6. The van der Waals surface area contributed by atoms with Crippen LogP contribution in [0.3, 0.4) is 0 Å². The quantitative estimate of drug-likeness (QED) is 0.748. The van der Waals surface area contributed by atoms with E-state index in [4.69, 9.17) is 10.5 Å². The molecular formula is C15H15N3OS. The largest absolute Gasteiger partial charge is 0.491 e. The summed E-state index contributed by atoms with van der Waals surface area (Å²) < 4.78 is 5.80. The number of pyridine rings is 1. The zero-order valence-corrected chi connectivity index (χ0v) is 12.0. The molecule has 0 fully saturated rings. The van der Waals surface area contributed by atoms with Crippen molar-refractivity contribution in [2.45, 2.75) is 13.3 Å². The van der Waals surface area contributed by atoms with E-state index in [9.17, 15) is 0 Å². The molecule has 2 heterocycles. The number of ether oxygens (including phenoxy) is 1. The molecule has 0 saturated heterocycles. The van der Waals surface area contributed by atoms with Crippen molar-refractivity contribution in [1.82, 2.24) is 9.97 Å². The van der Waals surface area contributed by atoms with E-state index in [0.29, 0.717) is 18.0 Å². The second-order valence-electron chi connectivity index (χ2n) is 4.51. The lowest BCUT2D eigenvalue weighted by atomic mass is 10.1. The average molecular weight is 285 g/mol. The topological polar surface area (TPSA) is 61.0 Å². The Morgan fingerprint density at radius 2 is 2.15 bits per heavy atom. The fourth-order valence-corrected chi connectivity index (χ4v) is 2.86. The van der Waals surface area contributed by atoms with Crippen LogP contribution in [-0.2, 0) is 6.42 Å². The van der Waals surface area contributed by atoms with Crippen molar-refractivity contribution in [1.29, 1.82) is 0 Å². The van der Waals surface area contributed by atoms with Gasteiger partial charge in [0.1, 0.15) is 5.75 Å². The number of aromatic nitrogens is 2. The van der Waals surface area contributed by atoms with Gasteiger partial charge in [0.15, 0.2) is 0 Å². The highest BCUT2D eigenvalue weighted by atomic mass is 32.1. The average Bonchev–Trinajstić information content (AvgIpc) is 2.87. The summed E-state index contributed by atoms with van der Waals surface area (Å²) in [4.78, 5) is 9.76. The number of anilines is 1. The molecule has 2 N–H and O–H groups in total. The molecule has 0 amide bonds. The minimum Gasteiger partial charge on any atom is -0.491 e. The molecule has 0 aliphatic rings. The van der Waals surface area contributed by atoms with Crippen LogP contribution in [0.15, 0.2) is 36.0 Å². The number of benzene rings is 1. The Bertz CT molecular complexity index is 739. The van der Waals surface area contributed by atoms with Gasteiger partial charge < -0.3 is 10.5 Å². The van der Waals surface area contributed by atoms with Crippen LogP contribution >= 0.6 is 11.3 Å². The van der Waals surface area contributed by atoms with Crippen LogP contribution in [0, 0.1) is 6.92 Å². The molecule has 0 saturated carbocycles. The number of nitrogens with zero attached hydrogens (tertiary/aromatic N) is 2. The van der Waals surface area contributed by atoms with Crippen molar-refractivity contribution in [3.8, 4) is 5.75 Å². The first-order chi connectivity index (χ1) is 9.75. The number of fused-ring (bicyclic) bond motifs is 1. The zero-order chi connectivity index (χ0) is 13.9. The normalized spacial score (nSPS) is 10.8. The highest BCUT2D eigenvalue weighted by Gasteiger charge is 2.07. The molecule has 102 valence electrons. The van der Waals surface area contributed by atoms with Crippen LogP contribution in [-0.4, -0.2) is 16.6 Å². The number of hydrogen-bond acceptors (Lipinski definition) is 5. The Morgan fingerprint density at radius 3 is 2.95 bits per heavy atom. The Morgan fingerprint density at radius 1 is 1.25 bits per heavy atom. The summed E-state index contributed by atoms with van der Waals surface area (Å²) in [6.07, 6.45) is 2.61. The van der Waals surface area contributed by atoms with Gasteiger partial charge in [-0.25, -0.2) is 4.98 Å². The number of hydrogen-bond donors (Lipinski definition) is 1. The zero-order valence-electron chi connectivity index (χ0n) is 11.2. The number of aryl methyl sites for hydroxylation is 1. The molecule has 2 aromatic heterocycles. The Balaban J connectivity index is 1.75. The van der Waals surface area contributed by atoms with Crippen LogP contribution in [0.2, 0.25) is 0 Å². The highest BCUT2D eigenvalue weighted by Crippen LogP contribution is 2.29. The SMILES string of the molecule is Cc1ncsc1CCOc1ccc2ncccc2c1N. The molecule has 1 aromatic carbocycles. The van der Waals surface area contributed by atoms with E-state index in [0.717, 1.165) is 23.0 Å². The molecule has 0 aliphatic heterocycles. The van der Waals surface area contributed by atoms with E-state index in [1.807, 2.05) is 36.7 Å². The van der Waals surface area contributed by atoms with Gasteiger partial charge in [0, 0.05) is 22.9 Å². The lowest BCUT2D eigenvalue weighted by molar-refractivity contribution is 0.325. The maximum absolute atomic E-state index is 6.13. The molecule has 20 heavy (non-hydrogen) atoms. The second kappa shape index (κ2) is 5.46. The summed E-state index contributed by atoms with van der Waals surface area (Å²) >= 11 is 1.66. The van der Waals surface area contributed by atoms with Crippen LogP contribution in [0.5, 0.6) is 5.75 Å². The molecule has 0 radical (unpaired) electrons. The molecule has 0 aliphatic carbocycles. The standard InChI is InChI=1S/C15H15N3OS/c1-10-14(20-9-18-10)6-8-19-13-5-4-12-11(15(13)16)3-2-7-17-12/h2-5,7,9H,6,8,16H2,1H3. The minimum atomic E-state index is 0.596. The second-order valence-corrected chi connectivity index (χ2v) is 5.45. The summed E-state index contributed by atoms with van der Waals surface area (Å²) in [5, 5.41) is 0.930. The maximum atomic E-state index is 6.13. The van der Waals surface area contributed by atoms with Crippen molar-refractivity contribution in [2.75, 3.05) is 12.3 Å². The van der Waals surface area contributed by atoms with Gasteiger partial charge in [-0.1, -0.05) is 0 Å². The lowest BCUT2D eigenvalue weighted by Gasteiger charge is -2.10. The smallest absolute Gasteiger partial charge is 0.142 e. The van der Waals surface area contributed by atoms with Gasteiger partial charge >= 0.3 is 0 Å². The molecule has 0 spiro atoms. The Kier molecular flexibility index (Phi) is 3.52. The molecule has 0 unspecified atom stereocenters. The van der Waals surface area contributed by atoms with E-state index in [2.05, 4.69) is 9.97 Å². The fourth-order valence-electron chi connectivity index (χ4n) is 2.10. The van der Waals surface area contributed by atoms with Crippen LogP contribution < -0.4 is 10.5 Å². The van der Waals surface area contributed by atoms with Crippen LogP contribution in [0.1, 0.15) is 10.6 Å². The van der Waals surface area contributed by atoms with Crippen molar-refractivity contribution >= 4 is 27.9 Å². The van der Waals surface area contributed by atoms with Gasteiger partial charge in [-0.3, -0.25) is 4.98 Å². The summed E-state index contributed by atoms with van der Waals surface area (Å²) in [7, 11) is 0. The predicted molar refractivity (Wildman–Crippen MR) is 82.2 cm³/mol. The van der Waals surface area contributed by atoms with E-state index in [1.54, 1.807) is 17.5 Å². The maximum Gasteiger partial charge on any atom is 0.142 e. The third-order valence-corrected chi connectivity index (χ3v) is 4.21. The Hall–Kier alpha value is -2.14. The van der Waals surface area contributed by atoms with Crippen molar-refractivity contribution in [3.05, 3.63) is 46.5 Å². The molecule has 5 heteroatoms. The molecule has 0 atom stereocenters. The number of nitrogen functional groups attached to an aromatic ring is 1. The minimum absolute atomic E-state index is 0.596. The van der Waals surface area contributed by atoms with Gasteiger partial charge in [0.25, 0.3) is 0 Å². The molecule has 3 rings (SSSR count).